The lowest BCUT2D eigenvalue weighted by Crippen LogP contribution is -2.62. The minimum absolute atomic E-state index is 0.0333. The smallest absolute Gasteiger partial charge is 0.0959 e. The molecule has 3 saturated carbocycles. The molecule has 4 aliphatic rings. The van der Waals surface area contributed by atoms with Crippen LogP contribution in [0.2, 0.25) is 0 Å². The monoisotopic (exact) mass is 350 g/mol. The van der Waals surface area contributed by atoms with Gasteiger partial charge in [0, 0.05) is 5.41 Å². The Balaban J connectivity index is 1.73. The van der Waals surface area contributed by atoms with Crippen molar-refractivity contribution < 1.29 is 20.4 Å². The molecule has 0 saturated heterocycles. The Morgan fingerprint density at radius 1 is 1.16 bits per heavy atom. The number of rotatable bonds is 1. The van der Waals surface area contributed by atoms with Crippen LogP contribution in [-0.4, -0.2) is 44.3 Å². The molecule has 0 aromatic carbocycles. The molecule has 4 aliphatic carbocycles. The zero-order chi connectivity index (χ0) is 18.2. The van der Waals surface area contributed by atoms with Crippen molar-refractivity contribution in [3.05, 3.63) is 11.6 Å². The lowest BCUT2D eigenvalue weighted by Gasteiger charge is -2.60. The van der Waals surface area contributed by atoms with Crippen molar-refractivity contribution in [3.8, 4) is 0 Å². The molecule has 0 aliphatic heterocycles. The van der Waals surface area contributed by atoms with Crippen molar-refractivity contribution in [2.75, 3.05) is 0 Å². The summed E-state index contributed by atoms with van der Waals surface area (Å²) in [6, 6.07) is 0. The highest BCUT2D eigenvalue weighted by molar-refractivity contribution is 5.27. The van der Waals surface area contributed by atoms with Gasteiger partial charge in [0.05, 0.1) is 23.9 Å². The minimum atomic E-state index is -1.10. The Labute approximate surface area is 151 Å². The molecule has 25 heavy (non-hydrogen) atoms. The van der Waals surface area contributed by atoms with Crippen molar-refractivity contribution in [1.82, 2.24) is 0 Å². The van der Waals surface area contributed by atoms with E-state index in [-0.39, 0.29) is 17.4 Å². The molecule has 0 aromatic heterocycles. The number of allylic oxidation sites excluding steroid dienone is 1. The predicted molar refractivity (Wildman–Crippen MR) is 95.7 cm³/mol. The van der Waals surface area contributed by atoms with Crippen LogP contribution in [-0.2, 0) is 0 Å². The SMILES string of the molecule is CC(O)[C@@]1(O)CC[C@H]2[C@@H]3CC=C4CC(O)CC[C@]4(C)[C@H]3C(O)C[C@@]21C. The first-order valence-electron chi connectivity index (χ1n) is 10.1. The molecular weight excluding hydrogens is 316 g/mol. The van der Waals surface area contributed by atoms with Crippen LogP contribution in [0.25, 0.3) is 0 Å². The van der Waals surface area contributed by atoms with E-state index < -0.39 is 23.2 Å². The van der Waals surface area contributed by atoms with E-state index in [9.17, 15) is 20.4 Å². The first-order valence-corrected chi connectivity index (χ1v) is 10.1. The summed E-state index contributed by atoms with van der Waals surface area (Å²) in [4.78, 5) is 0. The number of aliphatic hydroxyl groups is 4. The second-order valence-corrected chi connectivity index (χ2v) is 9.90. The van der Waals surface area contributed by atoms with E-state index in [1.165, 1.54) is 5.57 Å². The van der Waals surface area contributed by atoms with Crippen molar-refractivity contribution in [2.24, 2.45) is 28.6 Å². The van der Waals surface area contributed by atoms with Crippen LogP contribution in [0.5, 0.6) is 0 Å². The molecule has 0 aromatic rings. The normalized spacial score (nSPS) is 56.4. The summed E-state index contributed by atoms with van der Waals surface area (Å²) in [5, 5.41) is 42.8. The Bertz CT molecular complexity index is 586. The van der Waals surface area contributed by atoms with E-state index in [0.29, 0.717) is 24.7 Å². The summed E-state index contributed by atoms with van der Waals surface area (Å²) in [5.74, 6) is 0.891. The molecule has 0 heterocycles. The summed E-state index contributed by atoms with van der Waals surface area (Å²) in [6.45, 7) is 6.06. The van der Waals surface area contributed by atoms with Gasteiger partial charge in [-0.05, 0) is 75.0 Å². The Morgan fingerprint density at radius 3 is 2.56 bits per heavy atom. The summed E-state index contributed by atoms with van der Waals surface area (Å²) < 4.78 is 0. The first-order chi connectivity index (χ1) is 11.6. The molecule has 4 heteroatoms. The van der Waals surface area contributed by atoms with E-state index in [1.807, 2.05) is 0 Å². The van der Waals surface area contributed by atoms with Gasteiger partial charge in [0.25, 0.3) is 0 Å². The summed E-state index contributed by atoms with van der Waals surface area (Å²) in [6.07, 6.45) is 6.36. The average molecular weight is 350 g/mol. The second-order valence-electron chi connectivity index (χ2n) is 9.90. The molecule has 142 valence electrons. The lowest BCUT2D eigenvalue weighted by molar-refractivity contribution is -0.197. The molecule has 3 unspecified atom stereocenters. The van der Waals surface area contributed by atoms with Gasteiger partial charge in [-0.3, -0.25) is 0 Å². The maximum absolute atomic E-state index is 11.3. The highest BCUT2D eigenvalue weighted by Gasteiger charge is 2.67. The van der Waals surface area contributed by atoms with E-state index in [4.69, 9.17) is 0 Å². The minimum Gasteiger partial charge on any atom is -0.393 e. The van der Waals surface area contributed by atoms with E-state index >= 15 is 0 Å². The fraction of sp³-hybridized carbons (Fsp3) is 0.905. The topological polar surface area (TPSA) is 80.9 Å². The van der Waals surface area contributed by atoms with Crippen LogP contribution in [0.15, 0.2) is 11.6 Å². The van der Waals surface area contributed by atoms with Gasteiger partial charge >= 0.3 is 0 Å². The molecule has 3 fully saturated rings. The van der Waals surface area contributed by atoms with Gasteiger partial charge in [-0.25, -0.2) is 0 Å². The largest absolute Gasteiger partial charge is 0.393 e. The molecule has 4 rings (SSSR count). The quantitative estimate of drug-likeness (QED) is 0.548. The fourth-order valence-corrected chi connectivity index (χ4v) is 7.50. The van der Waals surface area contributed by atoms with Gasteiger partial charge in [-0.15, -0.1) is 0 Å². The van der Waals surface area contributed by atoms with Crippen molar-refractivity contribution in [2.45, 2.75) is 89.6 Å². The number of hydrogen-bond acceptors (Lipinski definition) is 4. The van der Waals surface area contributed by atoms with E-state index in [0.717, 1.165) is 32.1 Å². The molecule has 9 atom stereocenters. The summed E-state index contributed by atoms with van der Waals surface area (Å²) >= 11 is 0. The van der Waals surface area contributed by atoms with Crippen LogP contribution >= 0.6 is 0 Å². The van der Waals surface area contributed by atoms with E-state index in [2.05, 4.69) is 19.9 Å². The van der Waals surface area contributed by atoms with Crippen molar-refractivity contribution in [1.29, 1.82) is 0 Å². The third kappa shape index (κ3) is 2.20. The average Bonchev–Trinajstić information content (AvgIpc) is 2.80. The predicted octanol–water partition coefficient (Wildman–Crippen LogP) is 2.39. The zero-order valence-electron chi connectivity index (χ0n) is 15.8. The molecular formula is C21H34O4. The zero-order valence-corrected chi connectivity index (χ0v) is 15.8. The molecule has 4 nitrogen and oxygen atoms in total. The lowest BCUT2D eigenvalue weighted by atomic mass is 9.46. The molecule has 4 N–H and O–H groups in total. The first kappa shape index (κ1) is 18.0. The van der Waals surface area contributed by atoms with Crippen LogP contribution in [0.1, 0.15) is 65.7 Å². The fourth-order valence-electron chi connectivity index (χ4n) is 7.50. The van der Waals surface area contributed by atoms with Gasteiger partial charge in [0.15, 0.2) is 0 Å². The van der Waals surface area contributed by atoms with Gasteiger partial charge in [-0.2, -0.15) is 0 Å². The molecule has 0 amide bonds. The van der Waals surface area contributed by atoms with Gasteiger partial charge in [-0.1, -0.05) is 25.5 Å². The maximum atomic E-state index is 11.3. The molecule has 0 radical (unpaired) electrons. The van der Waals surface area contributed by atoms with E-state index in [1.54, 1.807) is 6.92 Å². The van der Waals surface area contributed by atoms with Crippen LogP contribution in [0.4, 0.5) is 0 Å². The van der Waals surface area contributed by atoms with Gasteiger partial charge in [0.1, 0.15) is 0 Å². The van der Waals surface area contributed by atoms with Crippen LogP contribution < -0.4 is 0 Å². The van der Waals surface area contributed by atoms with Gasteiger partial charge in [0.2, 0.25) is 0 Å². The standard InChI is InChI=1S/C21H34O4/c1-12(22)21(25)9-7-16-15-5-4-13-10-14(23)6-8-19(13,2)18(15)17(24)11-20(16,21)3/h4,12,14-18,22-25H,5-11H2,1-3H3/t12?,14?,15-,16-,17?,18+,19-,20-,21-/m0/s1. The third-order valence-corrected chi connectivity index (χ3v) is 8.92. The van der Waals surface area contributed by atoms with Crippen LogP contribution in [0, 0.1) is 28.6 Å². The highest BCUT2D eigenvalue weighted by atomic mass is 16.3. The number of hydrogen-bond donors (Lipinski definition) is 4. The Hall–Kier alpha value is -0.420. The Morgan fingerprint density at radius 2 is 1.88 bits per heavy atom. The molecule has 0 spiro atoms. The Kier molecular flexibility index (Phi) is 3.98. The third-order valence-electron chi connectivity index (χ3n) is 8.92. The van der Waals surface area contributed by atoms with Gasteiger partial charge < -0.3 is 20.4 Å². The summed E-state index contributed by atoms with van der Waals surface area (Å²) in [7, 11) is 0. The number of aliphatic hydroxyl groups excluding tert-OH is 3. The second kappa shape index (κ2) is 5.54. The highest BCUT2D eigenvalue weighted by Crippen LogP contribution is 2.67. The number of fused-ring (bicyclic) bond motifs is 5. The molecule has 0 bridgehead atoms. The van der Waals surface area contributed by atoms with Crippen molar-refractivity contribution >= 4 is 0 Å². The maximum Gasteiger partial charge on any atom is 0.0959 e. The van der Waals surface area contributed by atoms with Crippen LogP contribution in [0.3, 0.4) is 0 Å². The van der Waals surface area contributed by atoms with Crippen molar-refractivity contribution in [3.63, 3.8) is 0 Å². The summed E-state index contributed by atoms with van der Waals surface area (Å²) in [5.41, 5.74) is -0.234.